The van der Waals surface area contributed by atoms with Crippen molar-refractivity contribution in [1.29, 1.82) is 0 Å². The van der Waals surface area contributed by atoms with Crippen molar-refractivity contribution in [2.24, 2.45) is 0 Å². The van der Waals surface area contributed by atoms with Crippen molar-refractivity contribution < 1.29 is 19.1 Å². The number of fused-ring (bicyclic) bond motifs is 2. The smallest absolute Gasteiger partial charge is 0.410 e. The molecule has 0 aromatic heterocycles. The van der Waals surface area contributed by atoms with Gasteiger partial charge in [0.25, 0.3) is 5.91 Å². The van der Waals surface area contributed by atoms with Gasteiger partial charge < -0.3 is 19.3 Å². The molecule has 1 aromatic rings. The van der Waals surface area contributed by atoms with E-state index in [1.54, 1.807) is 4.90 Å². The Morgan fingerprint density at radius 3 is 2.44 bits per heavy atom. The molecule has 0 spiro atoms. The van der Waals surface area contributed by atoms with Gasteiger partial charge >= 0.3 is 6.09 Å². The Morgan fingerprint density at radius 2 is 1.85 bits per heavy atom. The zero-order valence-corrected chi connectivity index (χ0v) is 17.0. The van der Waals surface area contributed by atoms with E-state index in [4.69, 9.17) is 9.47 Å². The number of carbonyl (C=O) groups is 2. The van der Waals surface area contributed by atoms with Crippen molar-refractivity contribution in [2.75, 3.05) is 24.6 Å². The maximum absolute atomic E-state index is 12.4. The first-order valence-corrected chi connectivity index (χ1v) is 9.78. The highest BCUT2D eigenvalue weighted by molar-refractivity contribution is 5.98. The molecular formula is C21H30N2O4. The first-order chi connectivity index (χ1) is 12.7. The summed E-state index contributed by atoms with van der Waals surface area (Å²) in [5, 5.41) is 0. The lowest BCUT2D eigenvalue weighted by Crippen LogP contribution is -2.44. The zero-order chi connectivity index (χ0) is 19.8. The molecule has 148 valence electrons. The lowest BCUT2D eigenvalue weighted by atomic mass is 9.99. The van der Waals surface area contributed by atoms with Crippen LogP contribution in [0.2, 0.25) is 0 Å². The molecule has 0 bridgehead atoms. The summed E-state index contributed by atoms with van der Waals surface area (Å²) in [4.78, 5) is 28.4. The molecule has 0 saturated heterocycles. The Labute approximate surface area is 161 Å². The SMILES string of the molecule is CCC(C)N1C(=O)COc2cc3c(cc21)CCN(C(=O)OC(C)(C)C)CC3. The van der Waals surface area contributed by atoms with E-state index in [0.29, 0.717) is 13.1 Å². The predicted molar refractivity (Wildman–Crippen MR) is 104 cm³/mol. The number of anilines is 1. The van der Waals surface area contributed by atoms with E-state index in [2.05, 4.69) is 19.9 Å². The number of rotatable bonds is 2. The maximum atomic E-state index is 12.4. The van der Waals surface area contributed by atoms with Crippen LogP contribution in [0.25, 0.3) is 0 Å². The highest BCUT2D eigenvalue weighted by Crippen LogP contribution is 2.37. The molecule has 1 unspecified atom stereocenters. The zero-order valence-electron chi connectivity index (χ0n) is 17.0. The van der Waals surface area contributed by atoms with Gasteiger partial charge in [0.05, 0.1) is 5.69 Å². The van der Waals surface area contributed by atoms with Gasteiger partial charge in [0.2, 0.25) is 0 Å². The minimum atomic E-state index is -0.500. The molecule has 27 heavy (non-hydrogen) atoms. The number of hydrogen-bond donors (Lipinski definition) is 0. The summed E-state index contributed by atoms with van der Waals surface area (Å²) in [5.41, 5.74) is 2.70. The van der Waals surface area contributed by atoms with Crippen LogP contribution in [0.1, 0.15) is 52.2 Å². The molecular weight excluding hydrogens is 344 g/mol. The summed E-state index contributed by atoms with van der Waals surface area (Å²) < 4.78 is 11.2. The molecule has 2 aliphatic rings. The highest BCUT2D eigenvalue weighted by atomic mass is 16.6. The summed E-state index contributed by atoms with van der Waals surface area (Å²) in [5.74, 6) is 0.764. The fourth-order valence-corrected chi connectivity index (χ4v) is 3.56. The molecule has 0 aliphatic carbocycles. The summed E-state index contributed by atoms with van der Waals surface area (Å²) in [6.07, 6.45) is 2.11. The van der Waals surface area contributed by atoms with Crippen LogP contribution in [0, 0.1) is 0 Å². The molecule has 6 nitrogen and oxygen atoms in total. The topological polar surface area (TPSA) is 59.1 Å². The van der Waals surface area contributed by atoms with Crippen LogP contribution >= 0.6 is 0 Å². The van der Waals surface area contributed by atoms with Crippen LogP contribution in [0.5, 0.6) is 5.75 Å². The predicted octanol–water partition coefficient (Wildman–Crippen LogP) is 3.55. The number of benzene rings is 1. The minimum Gasteiger partial charge on any atom is -0.482 e. The van der Waals surface area contributed by atoms with Crippen LogP contribution in [-0.4, -0.2) is 48.2 Å². The molecule has 0 fully saturated rings. The Kier molecular flexibility index (Phi) is 5.36. The van der Waals surface area contributed by atoms with Crippen molar-refractivity contribution in [3.8, 4) is 5.75 Å². The third-order valence-corrected chi connectivity index (χ3v) is 5.15. The summed E-state index contributed by atoms with van der Waals surface area (Å²) in [7, 11) is 0. The van der Waals surface area contributed by atoms with Crippen molar-refractivity contribution in [1.82, 2.24) is 4.90 Å². The lowest BCUT2D eigenvalue weighted by Gasteiger charge is -2.34. The van der Waals surface area contributed by atoms with Crippen molar-refractivity contribution in [3.05, 3.63) is 23.3 Å². The molecule has 2 heterocycles. The third kappa shape index (κ3) is 4.20. The molecule has 6 heteroatoms. The van der Waals surface area contributed by atoms with Crippen molar-refractivity contribution >= 4 is 17.7 Å². The standard InChI is InChI=1S/C21H30N2O4/c1-6-14(2)23-17-11-15-7-9-22(20(25)27-21(3,4)5)10-8-16(15)12-18(17)26-13-19(23)24/h11-12,14H,6-10,13H2,1-5H3. The van der Waals surface area contributed by atoms with Crippen LogP contribution < -0.4 is 9.64 Å². The van der Waals surface area contributed by atoms with Gasteiger partial charge in [-0.25, -0.2) is 4.79 Å². The van der Waals surface area contributed by atoms with E-state index in [1.807, 2.05) is 31.7 Å². The van der Waals surface area contributed by atoms with Gasteiger partial charge in [-0.15, -0.1) is 0 Å². The minimum absolute atomic E-state index is 0.000744. The Hall–Kier alpha value is -2.24. The van der Waals surface area contributed by atoms with Gasteiger partial charge in [-0.05, 0) is 70.2 Å². The molecule has 1 aromatic carbocycles. The molecule has 0 N–H and O–H groups in total. The Morgan fingerprint density at radius 1 is 1.22 bits per heavy atom. The van der Waals surface area contributed by atoms with Gasteiger partial charge in [-0.1, -0.05) is 6.92 Å². The first-order valence-electron chi connectivity index (χ1n) is 9.78. The maximum Gasteiger partial charge on any atom is 0.410 e. The first kappa shape index (κ1) is 19.5. The summed E-state index contributed by atoms with van der Waals surface area (Å²) in [6.45, 7) is 11.1. The van der Waals surface area contributed by atoms with Gasteiger partial charge in [0.1, 0.15) is 11.4 Å². The molecule has 0 radical (unpaired) electrons. The quantitative estimate of drug-likeness (QED) is 0.794. The van der Waals surface area contributed by atoms with Gasteiger partial charge in [0.15, 0.2) is 6.61 Å². The van der Waals surface area contributed by atoms with E-state index >= 15 is 0 Å². The van der Waals surface area contributed by atoms with Crippen molar-refractivity contribution in [2.45, 2.75) is 65.5 Å². The molecule has 1 atom stereocenters. The highest BCUT2D eigenvalue weighted by Gasteiger charge is 2.31. The normalized spacial score (nSPS) is 18.2. The van der Waals surface area contributed by atoms with Gasteiger partial charge in [0, 0.05) is 19.1 Å². The molecule has 0 saturated carbocycles. The Bertz CT molecular complexity index is 738. The number of nitrogens with zero attached hydrogens (tertiary/aromatic N) is 2. The number of carbonyl (C=O) groups excluding carboxylic acids is 2. The second-order valence-corrected chi connectivity index (χ2v) is 8.37. The molecule has 3 rings (SSSR count). The van der Waals surface area contributed by atoms with Gasteiger partial charge in [-0.3, -0.25) is 4.79 Å². The van der Waals surface area contributed by atoms with Crippen LogP contribution in [0.15, 0.2) is 12.1 Å². The fourth-order valence-electron chi connectivity index (χ4n) is 3.56. The van der Waals surface area contributed by atoms with E-state index in [-0.39, 0.29) is 24.6 Å². The van der Waals surface area contributed by atoms with Crippen LogP contribution in [0.3, 0.4) is 0 Å². The van der Waals surface area contributed by atoms with Crippen LogP contribution in [-0.2, 0) is 22.4 Å². The summed E-state index contributed by atoms with van der Waals surface area (Å²) >= 11 is 0. The molecule has 2 aliphatic heterocycles. The monoisotopic (exact) mass is 374 g/mol. The second-order valence-electron chi connectivity index (χ2n) is 8.37. The summed E-state index contributed by atoms with van der Waals surface area (Å²) in [6, 6.07) is 4.25. The van der Waals surface area contributed by atoms with E-state index < -0.39 is 5.60 Å². The van der Waals surface area contributed by atoms with Gasteiger partial charge in [-0.2, -0.15) is 0 Å². The van der Waals surface area contributed by atoms with Crippen LogP contribution in [0.4, 0.5) is 10.5 Å². The van der Waals surface area contributed by atoms with E-state index in [9.17, 15) is 9.59 Å². The van der Waals surface area contributed by atoms with E-state index in [0.717, 1.165) is 30.7 Å². The second kappa shape index (κ2) is 7.41. The Balaban J connectivity index is 1.84. The number of ether oxygens (including phenoxy) is 2. The largest absolute Gasteiger partial charge is 0.482 e. The lowest BCUT2D eigenvalue weighted by molar-refractivity contribution is -0.121. The number of hydrogen-bond acceptors (Lipinski definition) is 4. The number of amides is 2. The average Bonchev–Trinajstić information content (AvgIpc) is 2.80. The fraction of sp³-hybridized carbons (Fsp3) is 0.619. The molecule has 2 amide bonds. The average molecular weight is 374 g/mol. The third-order valence-electron chi connectivity index (χ3n) is 5.15. The van der Waals surface area contributed by atoms with E-state index in [1.165, 1.54) is 11.1 Å². The van der Waals surface area contributed by atoms with Crippen molar-refractivity contribution in [3.63, 3.8) is 0 Å².